The Morgan fingerprint density at radius 2 is 1.84 bits per heavy atom. The lowest BCUT2D eigenvalue weighted by molar-refractivity contribution is 0.0959. The first-order valence-corrected chi connectivity index (χ1v) is 12.0. The molecule has 10 nitrogen and oxygen atoms in total. The number of methoxy groups -OCH3 is 2. The molecule has 0 unspecified atom stereocenters. The predicted octanol–water partition coefficient (Wildman–Crippen LogP) is 3.48. The maximum atomic E-state index is 13.2. The van der Waals surface area contributed by atoms with Crippen molar-refractivity contribution in [2.24, 2.45) is 10.2 Å². The van der Waals surface area contributed by atoms with Crippen molar-refractivity contribution >= 4 is 17.3 Å². The predicted molar refractivity (Wildman–Crippen MR) is 141 cm³/mol. The van der Waals surface area contributed by atoms with E-state index in [1.54, 1.807) is 36.5 Å². The van der Waals surface area contributed by atoms with Crippen LogP contribution < -0.4 is 20.3 Å². The molecule has 0 fully saturated rings. The molecule has 1 aliphatic heterocycles. The number of nitrogens with one attached hydrogen (secondary N) is 2. The molecular formula is C27H29N5O5. The summed E-state index contributed by atoms with van der Waals surface area (Å²) >= 11 is 0. The SMILES string of the molecule is CCCCc1[nH]c(=O)c(C2=NN=C(CNC(=O)c3cccnc3)C2)c(O)c1-c1c(OC)cccc1OC. The third-order valence-corrected chi connectivity index (χ3v) is 6.07. The Bertz CT molecular complexity index is 1390. The quantitative estimate of drug-likeness (QED) is 0.387. The molecular weight excluding hydrogens is 474 g/mol. The van der Waals surface area contributed by atoms with Gasteiger partial charge in [-0.25, -0.2) is 0 Å². The van der Waals surface area contributed by atoms with Gasteiger partial charge in [0.25, 0.3) is 11.5 Å². The summed E-state index contributed by atoms with van der Waals surface area (Å²) in [7, 11) is 3.07. The van der Waals surface area contributed by atoms with Gasteiger partial charge < -0.3 is 24.9 Å². The van der Waals surface area contributed by atoms with Crippen LogP contribution in [0.15, 0.2) is 57.7 Å². The van der Waals surface area contributed by atoms with Crippen LogP contribution in [0.1, 0.15) is 47.8 Å². The number of carbonyl (C=O) groups excluding carboxylic acids is 1. The minimum absolute atomic E-state index is 0.0283. The van der Waals surface area contributed by atoms with Crippen LogP contribution in [0.25, 0.3) is 11.1 Å². The van der Waals surface area contributed by atoms with Crippen molar-refractivity contribution < 1.29 is 19.4 Å². The number of pyridine rings is 2. The van der Waals surface area contributed by atoms with E-state index in [1.165, 1.54) is 20.4 Å². The van der Waals surface area contributed by atoms with Crippen molar-refractivity contribution in [3.05, 3.63) is 69.9 Å². The Balaban J connectivity index is 1.67. The Labute approximate surface area is 214 Å². The molecule has 3 N–H and O–H groups in total. The standard InChI is InChI=1S/C27H29N5O5/c1-4-5-9-18-22(24-20(36-2)10-6-11-21(24)37-3)25(33)23(27(35)30-18)19-13-17(31-32-19)15-29-26(34)16-8-7-12-28-14-16/h6-8,10-12,14H,4-5,9,13,15H2,1-3H3,(H,29,34)(H2,30,33,35). The lowest BCUT2D eigenvalue weighted by Gasteiger charge is -2.19. The highest BCUT2D eigenvalue weighted by Gasteiger charge is 2.28. The molecule has 0 radical (unpaired) electrons. The van der Waals surface area contributed by atoms with Crippen LogP contribution in [-0.2, 0) is 6.42 Å². The molecule has 1 aliphatic rings. The molecule has 0 bridgehead atoms. The zero-order valence-corrected chi connectivity index (χ0v) is 21.0. The van der Waals surface area contributed by atoms with Gasteiger partial charge in [0, 0.05) is 24.5 Å². The number of aromatic nitrogens is 2. The first-order chi connectivity index (χ1) is 18.0. The van der Waals surface area contributed by atoms with Crippen LogP contribution in [0.4, 0.5) is 0 Å². The van der Waals surface area contributed by atoms with E-state index in [-0.39, 0.29) is 30.2 Å². The minimum atomic E-state index is -0.462. The summed E-state index contributed by atoms with van der Waals surface area (Å²) in [6.45, 7) is 2.19. The Morgan fingerprint density at radius 3 is 2.49 bits per heavy atom. The van der Waals surface area contributed by atoms with Gasteiger partial charge in [0.2, 0.25) is 0 Å². The topological polar surface area (TPSA) is 138 Å². The number of aryl methyl sites for hydroxylation is 1. The molecule has 0 aliphatic carbocycles. The number of hydrogen-bond donors (Lipinski definition) is 3. The average Bonchev–Trinajstić information content (AvgIpc) is 3.39. The van der Waals surface area contributed by atoms with E-state index < -0.39 is 5.56 Å². The average molecular weight is 504 g/mol. The van der Waals surface area contributed by atoms with Crippen molar-refractivity contribution in [1.82, 2.24) is 15.3 Å². The fourth-order valence-corrected chi connectivity index (χ4v) is 4.23. The third-order valence-electron chi connectivity index (χ3n) is 6.07. The summed E-state index contributed by atoms with van der Waals surface area (Å²) in [6, 6.07) is 8.66. The summed E-state index contributed by atoms with van der Waals surface area (Å²) < 4.78 is 11.2. The van der Waals surface area contributed by atoms with E-state index in [0.29, 0.717) is 51.7 Å². The fraction of sp³-hybridized carbons (Fsp3) is 0.296. The van der Waals surface area contributed by atoms with Crippen molar-refractivity contribution in [2.75, 3.05) is 20.8 Å². The number of carbonyl (C=O) groups is 1. The number of amides is 1. The molecule has 0 saturated heterocycles. The molecule has 3 aromatic rings. The number of nitrogens with zero attached hydrogens (tertiary/aromatic N) is 3. The molecule has 0 spiro atoms. The zero-order chi connectivity index (χ0) is 26.4. The first kappa shape index (κ1) is 25.6. The monoisotopic (exact) mass is 503 g/mol. The summed E-state index contributed by atoms with van der Waals surface area (Å²) in [5, 5.41) is 22.6. The molecule has 2 aromatic heterocycles. The molecule has 37 heavy (non-hydrogen) atoms. The summed E-state index contributed by atoms with van der Waals surface area (Å²) in [5.74, 6) is 0.477. The Morgan fingerprint density at radius 1 is 1.08 bits per heavy atom. The number of rotatable bonds is 10. The van der Waals surface area contributed by atoms with Gasteiger partial charge in [0.15, 0.2) is 0 Å². The van der Waals surface area contributed by atoms with E-state index in [4.69, 9.17) is 9.47 Å². The van der Waals surface area contributed by atoms with Crippen LogP contribution in [0.5, 0.6) is 17.2 Å². The van der Waals surface area contributed by atoms with Gasteiger partial charge in [0.05, 0.1) is 48.9 Å². The van der Waals surface area contributed by atoms with Gasteiger partial charge in [0.1, 0.15) is 22.8 Å². The molecule has 3 heterocycles. The number of aromatic amines is 1. The molecule has 4 rings (SSSR count). The first-order valence-electron chi connectivity index (χ1n) is 12.0. The van der Waals surface area contributed by atoms with Gasteiger partial charge in [-0.1, -0.05) is 19.4 Å². The third kappa shape index (κ3) is 5.37. The second-order valence-electron chi connectivity index (χ2n) is 8.49. The second-order valence-corrected chi connectivity index (χ2v) is 8.49. The number of benzene rings is 1. The largest absolute Gasteiger partial charge is 0.506 e. The molecule has 0 saturated carbocycles. The van der Waals surface area contributed by atoms with Gasteiger partial charge in [-0.3, -0.25) is 14.6 Å². The van der Waals surface area contributed by atoms with Crippen molar-refractivity contribution in [3.8, 4) is 28.4 Å². The minimum Gasteiger partial charge on any atom is -0.506 e. The van der Waals surface area contributed by atoms with Crippen molar-refractivity contribution in [2.45, 2.75) is 32.6 Å². The van der Waals surface area contributed by atoms with Crippen LogP contribution in [0.3, 0.4) is 0 Å². The summed E-state index contributed by atoms with van der Waals surface area (Å²) in [6.07, 6.45) is 5.51. The lowest BCUT2D eigenvalue weighted by Crippen LogP contribution is -2.30. The number of unbranched alkanes of at least 4 members (excludes halogenated alkanes) is 1. The summed E-state index contributed by atoms with van der Waals surface area (Å²) in [4.78, 5) is 32.4. The van der Waals surface area contributed by atoms with Gasteiger partial charge in [-0.05, 0) is 37.1 Å². The smallest absolute Gasteiger partial charge is 0.261 e. The highest BCUT2D eigenvalue weighted by atomic mass is 16.5. The highest BCUT2D eigenvalue weighted by Crippen LogP contribution is 2.45. The van der Waals surface area contributed by atoms with Crippen molar-refractivity contribution in [3.63, 3.8) is 0 Å². The van der Waals surface area contributed by atoms with Crippen LogP contribution >= 0.6 is 0 Å². The number of ether oxygens (including phenoxy) is 2. The van der Waals surface area contributed by atoms with E-state index in [1.807, 2.05) is 0 Å². The van der Waals surface area contributed by atoms with Crippen LogP contribution in [0, 0.1) is 0 Å². The molecule has 0 atom stereocenters. The second kappa shape index (κ2) is 11.5. The lowest BCUT2D eigenvalue weighted by atomic mass is 9.94. The Kier molecular flexibility index (Phi) is 7.97. The normalized spacial score (nSPS) is 12.6. The zero-order valence-electron chi connectivity index (χ0n) is 21.0. The van der Waals surface area contributed by atoms with E-state index >= 15 is 0 Å². The van der Waals surface area contributed by atoms with E-state index in [9.17, 15) is 14.7 Å². The van der Waals surface area contributed by atoms with E-state index in [2.05, 4.69) is 32.4 Å². The molecule has 10 heteroatoms. The molecule has 192 valence electrons. The highest BCUT2D eigenvalue weighted by molar-refractivity contribution is 6.17. The van der Waals surface area contributed by atoms with Gasteiger partial charge in [-0.2, -0.15) is 10.2 Å². The van der Waals surface area contributed by atoms with Crippen molar-refractivity contribution in [1.29, 1.82) is 0 Å². The molecule has 1 amide bonds. The number of aromatic hydroxyl groups is 1. The summed E-state index contributed by atoms with van der Waals surface area (Å²) in [5.41, 5.74) is 2.40. The number of H-pyrrole nitrogens is 1. The van der Waals surface area contributed by atoms with Gasteiger partial charge >= 0.3 is 0 Å². The van der Waals surface area contributed by atoms with Gasteiger partial charge in [-0.15, -0.1) is 0 Å². The maximum absolute atomic E-state index is 13.2. The fourth-order valence-electron chi connectivity index (χ4n) is 4.23. The Hall–Kier alpha value is -4.47. The van der Waals surface area contributed by atoms with Crippen LogP contribution in [-0.4, -0.2) is 53.2 Å². The number of hydrogen-bond acceptors (Lipinski definition) is 8. The maximum Gasteiger partial charge on any atom is 0.261 e. The molecule has 1 aromatic carbocycles. The van der Waals surface area contributed by atoms with E-state index in [0.717, 1.165) is 12.8 Å². The van der Waals surface area contributed by atoms with Crippen LogP contribution in [0.2, 0.25) is 0 Å².